The molecule has 4 unspecified atom stereocenters. The third-order valence-corrected chi connectivity index (χ3v) is 4.85. The van der Waals surface area contributed by atoms with E-state index in [1.807, 2.05) is 19.1 Å². The molecule has 2 bridgehead atoms. The zero-order chi connectivity index (χ0) is 17.4. The number of amides is 2. The molecule has 6 nitrogen and oxygen atoms in total. The van der Waals surface area contributed by atoms with Crippen molar-refractivity contribution < 1.29 is 19.5 Å². The number of nitrogens with one attached hydrogen (secondary N) is 2. The summed E-state index contributed by atoms with van der Waals surface area (Å²) >= 11 is 0. The topological polar surface area (TPSA) is 95.5 Å². The Morgan fingerprint density at radius 3 is 2.33 bits per heavy atom. The summed E-state index contributed by atoms with van der Waals surface area (Å²) in [5.74, 6) is -2.57. The lowest BCUT2D eigenvalue weighted by Gasteiger charge is -2.24. The van der Waals surface area contributed by atoms with Crippen LogP contribution in [0.3, 0.4) is 0 Å². The molecular weight excluding hydrogens is 308 g/mol. The van der Waals surface area contributed by atoms with Crippen LogP contribution in [0.2, 0.25) is 0 Å². The highest BCUT2D eigenvalue weighted by atomic mass is 16.4. The molecule has 2 aliphatic rings. The van der Waals surface area contributed by atoms with Gasteiger partial charge in [-0.05, 0) is 48.9 Å². The van der Waals surface area contributed by atoms with Gasteiger partial charge in [0.25, 0.3) is 0 Å². The predicted molar refractivity (Wildman–Crippen MR) is 89.5 cm³/mol. The van der Waals surface area contributed by atoms with E-state index in [2.05, 4.69) is 10.6 Å². The molecule has 2 aliphatic carbocycles. The van der Waals surface area contributed by atoms with E-state index in [1.165, 1.54) is 6.92 Å². The molecule has 0 radical (unpaired) electrons. The number of aryl methyl sites for hydroxylation is 1. The van der Waals surface area contributed by atoms with Crippen molar-refractivity contribution in [3.05, 3.63) is 35.9 Å². The molecule has 0 heterocycles. The Morgan fingerprint density at radius 1 is 1.08 bits per heavy atom. The van der Waals surface area contributed by atoms with Gasteiger partial charge in [-0.1, -0.05) is 12.2 Å². The molecular formula is C18H20N2O4. The van der Waals surface area contributed by atoms with Crippen LogP contribution in [0.15, 0.2) is 30.4 Å². The van der Waals surface area contributed by atoms with Crippen molar-refractivity contribution in [1.29, 1.82) is 0 Å². The molecule has 126 valence electrons. The highest BCUT2D eigenvalue weighted by Gasteiger charge is 2.51. The maximum Gasteiger partial charge on any atom is 0.307 e. The Hall–Kier alpha value is -2.63. The number of carboxylic acid groups (broad SMARTS) is 1. The Kier molecular flexibility index (Phi) is 4.13. The van der Waals surface area contributed by atoms with E-state index < -0.39 is 17.8 Å². The smallest absolute Gasteiger partial charge is 0.307 e. The first-order valence-corrected chi connectivity index (χ1v) is 7.97. The quantitative estimate of drug-likeness (QED) is 0.740. The van der Waals surface area contributed by atoms with Crippen molar-refractivity contribution >= 4 is 29.2 Å². The maximum atomic E-state index is 12.6. The Balaban J connectivity index is 1.75. The molecule has 24 heavy (non-hydrogen) atoms. The van der Waals surface area contributed by atoms with Crippen molar-refractivity contribution in [2.24, 2.45) is 23.7 Å². The van der Waals surface area contributed by atoms with Crippen LogP contribution in [0.1, 0.15) is 18.9 Å². The minimum absolute atomic E-state index is 0.00384. The van der Waals surface area contributed by atoms with Gasteiger partial charge in [0, 0.05) is 18.3 Å². The summed E-state index contributed by atoms with van der Waals surface area (Å²) in [6, 6.07) is 5.19. The first-order valence-electron chi connectivity index (χ1n) is 7.97. The van der Waals surface area contributed by atoms with Crippen LogP contribution < -0.4 is 10.6 Å². The predicted octanol–water partition coefficient (Wildman–Crippen LogP) is 2.41. The number of benzene rings is 1. The van der Waals surface area contributed by atoms with E-state index in [-0.39, 0.29) is 23.7 Å². The van der Waals surface area contributed by atoms with Crippen molar-refractivity contribution in [3.8, 4) is 0 Å². The molecule has 1 saturated carbocycles. The molecule has 3 rings (SSSR count). The summed E-state index contributed by atoms with van der Waals surface area (Å²) in [5, 5.41) is 15.0. The van der Waals surface area contributed by atoms with Crippen LogP contribution >= 0.6 is 0 Å². The summed E-state index contributed by atoms with van der Waals surface area (Å²) in [6.45, 7) is 3.27. The highest BCUT2D eigenvalue weighted by Crippen LogP contribution is 2.48. The molecule has 2 amide bonds. The molecule has 4 atom stereocenters. The van der Waals surface area contributed by atoms with E-state index in [9.17, 15) is 19.5 Å². The van der Waals surface area contributed by atoms with Gasteiger partial charge in [-0.25, -0.2) is 0 Å². The van der Waals surface area contributed by atoms with Crippen LogP contribution in [-0.4, -0.2) is 22.9 Å². The average molecular weight is 328 g/mol. The molecule has 1 fully saturated rings. The van der Waals surface area contributed by atoms with Crippen LogP contribution in [0.4, 0.5) is 11.4 Å². The van der Waals surface area contributed by atoms with Gasteiger partial charge < -0.3 is 15.7 Å². The number of carbonyl (C=O) groups is 3. The van der Waals surface area contributed by atoms with Gasteiger partial charge in [0.15, 0.2) is 0 Å². The summed E-state index contributed by atoms with van der Waals surface area (Å²) in [5.41, 5.74) is 2.11. The molecule has 1 aromatic rings. The number of rotatable bonds is 4. The van der Waals surface area contributed by atoms with Gasteiger partial charge in [-0.2, -0.15) is 0 Å². The van der Waals surface area contributed by atoms with Gasteiger partial charge in [-0.15, -0.1) is 0 Å². The Bertz CT molecular complexity index is 741. The van der Waals surface area contributed by atoms with E-state index in [0.717, 1.165) is 12.0 Å². The van der Waals surface area contributed by atoms with E-state index in [1.54, 1.807) is 18.2 Å². The van der Waals surface area contributed by atoms with Crippen molar-refractivity contribution in [2.75, 3.05) is 10.6 Å². The lowest BCUT2D eigenvalue weighted by Crippen LogP contribution is -2.36. The molecule has 6 heteroatoms. The summed E-state index contributed by atoms with van der Waals surface area (Å²) in [4.78, 5) is 35.3. The number of anilines is 2. The van der Waals surface area contributed by atoms with Gasteiger partial charge in [-0.3, -0.25) is 14.4 Å². The minimum Gasteiger partial charge on any atom is -0.481 e. The number of aliphatic carboxylic acids is 1. The monoisotopic (exact) mass is 328 g/mol. The number of carboxylic acids is 1. The summed E-state index contributed by atoms with van der Waals surface area (Å²) in [7, 11) is 0. The second kappa shape index (κ2) is 6.11. The van der Waals surface area contributed by atoms with Crippen molar-refractivity contribution in [1.82, 2.24) is 0 Å². The van der Waals surface area contributed by atoms with E-state index in [0.29, 0.717) is 11.4 Å². The highest BCUT2D eigenvalue weighted by molar-refractivity contribution is 5.97. The minimum atomic E-state index is -0.913. The van der Waals surface area contributed by atoms with Crippen molar-refractivity contribution in [3.63, 3.8) is 0 Å². The van der Waals surface area contributed by atoms with Crippen LogP contribution in [0, 0.1) is 30.6 Å². The summed E-state index contributed by atoms with van der Waals surface area (Å²) in [6.07, 6.45) is 4.61. The van der Waals surface area contributed by atoms with Crippen LogP contribution in [0.25, 0.3) is 0 Å². The molecule has 0 spiro atoms. The number of allylic oxidation sites excluding steroid dienone is 2. The standard InChI is InChI=1S/C18H20N2O4/c1-9-7-13(5-6-14(9)19-10(2)21)20-17(22)15-11-3-4-12(8-11)16(15)18(23)24/h3-7,11-12,15-16H,8H2,1-2H3,(H,19,21)(H,20,22)(H,23,24). The van der Waals surface area contributed by atoms with Gasteiger partial charge in [0.1, 0.15) is 0 Å². The molecule has 0 aliphatic heterocycles. The fourth-order valence-corrected chi connectivity index (χ4v) is 3.81. The average Bonchev–Trinajstić information content (AvgIpc) is 3.10. The number of hydrogen-bond donors (Lipinski definition) is 3. The van der Waals surface area contributed by atoms with Crippen LogP contribution in [-0.2, 0) is 14.4 Å². The largest absolute Gasteiger partial charge is 0.481 e. The van der Waals surface area contributed by atoms with Gasteiger partial charge in [0.05, 0.1) is 11.8 Å². The molecule has 3 N–H and O–H groups in total. The summed E-state index contributed by atoms with van der Waals surface area (Å²) < 4.78 is 0. The maximum absolute atomic E-state index is 12.6. The molecule has 1 aromatic carbocycles. The second-order valence-corrected chi connectivity index (χ2v) is 6.54. The first-order chi connectivity index (χ1) is 11.4. The Labute approximate surface area is 139 Å². The van der Waals surface area contributed by atoms with Gasteiger partial charge in [0.2, 0.25) is 11.8 Å². The fourth-order valence-electron chi connectivity index (χ4n) is 3.81. The lowest BCUT2D eigenvalue weighted by atomic mass is 9.82. The van der Waals surface area contributed by atoms with E-state index in [4.69, 9.17) is 0 Å². The Morgan fingerprint density at radius 2 is 1.75 bits per heavy atom. The normalized spacial score (nSPS) is 27.1. The second-order valence-electron chi connectivity index (χ2n) is 6.54. The zero-order valence-electron chi connectivity index (χ0n) is 13.6. The number of hydrogen-bond acceptors (Lipinski definition) is 3. The number of fused-ring (bicyclic) bond motifs is 2. The third-order valence-electron chi connectivity index (χ3n) is 4.85. The number of carbonyl (C=O) groups excluding carboxylic acids is 2. The van der Waals surface area contributed by atoms with Gasteiger partial charge >= 0.3 is 5.97 Å². The first kappa shape index (κ1) is 16.2. The van der Waals surface area contributed by atoms with Crippen molar-refractivity contribution in [2.45, 2.75) is 20.3 Å². The zero-order valence-corrected chi connectivity index (χ0v) is 13.6. The van der Waals surface area contributed by atoms with E-state index >= 15 is 0 Å². The third kappa shape index (κ3) is 2.91. The lowest BCUT2D eigenvalue weighted by molar-refractivity contribution is -0.146. The SMILES string of the molecule is CC(=O)Nc1ccc(NC(=O)C2C3C=CC(C3)C2C(=O)O)cc1C. The molecule has 0 aromatic heterocycles. The molecule has 0 saturated heterocycles. The van der Waals surface area contributed by atoms with Crippen LogP contribution in [0.5, 0.6) is 0 Å². The fraction of sp³-hybridized carbons (Fsp3) is 0.389.